The maximum atomic E-state index is 12.1. The number of hydrogen-bond acceptors (Lipinski definition) is 4. The van der Waals surface area contributed by atoms with Gasteiger partial charge in [-0.15, -0.1) is 0 Å². The molecule has 0 spiro atoms. The third kappa shape index (κ3) is 4.17. The first-order valence-corrected chi connectivity index (χ1v) is 7.93. The van der Waals surface area contributed by atoms with Gasteiger partial charge in [-0.3, -0.25) is 4.79 Å². The van der Waals surface area contributed by atoms with Crippen LogP contribution in [0, 0.1) is 18.3 Å². The number of hydrogen-bond donors (Lipinski definition) is 1. The van der Waals surface area contributed by atoms with Gasteiger partial charge in [-0.2, -0.15) is 5.26 Å². The third-order valence-corrected chi connectivity index (χ3v) is 3.21. The molecule has 0 saturated carbocycles. The molecule has 1 heterocycles. The van der Waals surface area contributed by atoms with Gasteiger partial charge in [-0.25, -0.2) is 0 Å². The van der Waals surface area contributed by atoms with Gasteiger partial charge in [0.05, 0.1) is 12.2 Å². The number of pyridine rings is 1. The maximum absolute atomic E-state index is 12.1. The van der Waals surface area contributed by atoms with Crippen LogP contribution >= 0.6 is 0 Å². The number of aryl methyl sites for hydroxylation is 1. The quantitative estimate of drug-likeness (QED) is 0.907. The first kappa shape index (κ1) is 17.6. The fourth-order valence-electron chi connectivity index (χ4n) is 2.43. The highest BCUT2D eigenvalue weighted by Crippen LogP contribution is 2.32. The summed E-state index contributed by atoms with van der Waals surface area (Å²) < 4.78 is 11.6. The fraction of sp³-hybridized carbons (Fsp3) is 0.368. The summed E-state index contributed by atoms with van der Waals surface area (Å²) >= 11 is 0. The number of nitrogens with one attached hydrogen (secondary N) is 1. The molecule has 1 aromatic heterocycles. The molecule has 2 rings (SSSR count). The zero-order valence-corrected chi connectivity index (χ0v) is 14.6. The summed E-state index contributed by atoms with van der Waals surface area (Å²) in [4.78, 5) is 14.7. The van der Waals surface area contributed by atoms with E-state index in [0.29, 0.717) is 22.8 Å². The second-order valence-corrected chi connectivity index (χ2v) is 6.21. The molecule has 24 heavy (non-hydrogen) atoms. The summed E-state index contributed by atoms with van der Waals surface area (Å²) in [5.41, 5.74) is 1.67. The zero-order valence-electron chi connectivity index (χ0n) is 14.6. The van der Waals surface area contributed by atoms with Gasteiger partial charge in [0.15, 0.2) is 0 Å². The molecule has 0 fully saturated rings. The second-order valence-electron chi connectivity index (χ2n) is 6.21. The molecule has 0 unspecified atom stereocenters. The first-order chi connectivity index (χ1) is 11.3. The van der Waals surface area contributed by atoms with Gasteiger partial charge in [0, 0.05) is 17.3 Å². The van der Waals surface area contributed by atoms with E-state index in [1.807, 2.05) is 52.0 Å². The molecule has 5 nitrogen and oxygen atoms in total. The lowest BCUT2D eigenvalue weighted by Crippen LogP contribution is -2.13. The molecule has 2 aromatic rings. The Labute approximate surface area is 141 Å². The van der Waals surface area contributed by atoms with Crippen molar-refractivity contribution in [2.45, 2.75) is 46.8 Å². The molecule has 0 aliphatic heterocycles. The van der Waals surface area contributed by atoms with Gasteiger partial charge in [0.2, 0.25) is 0 Å². The van der Waals surface area contributed by atoms with Gasteiger partial charge in [-0.05, 0) is 58.4 Å². The Hall–Kier alpha value is -2.74. The molecule has 0 radical (unpaired) electrons. The van der Waals surface area contributed by atoms with Crippen molar-refractivity contribution in [2.75, 3.05) is 0 Å². The molecule has 0 atom stereocenters. The second kappa shape index (κ2) is 7.22. The fourth-order valence-corrected chi connectivity index (χ4v) is 2.43. The standard InChI is InChI=1S/C19H22N2O3/c1-11(2)23-15-7-14(8-16(9-15)24-12(3)4)17-6-13(5)21-19(22)18(17)10-20/h6-9,11-12H,1-5H3,(H,21,22). The minimum absolute atomic E-state index is 0.00324. The summed E-state index contributed by atoms with van der Waals surface area (Å²) in [6.45, 7) is 9.54. The summed E-state index contributed by atoms with van der Waals surface area (Å²) in [6.07, 6.45) is 0.00648. The van der Waals surface area contributed by atoms with Crippen LogP contribution in [0.3, 0.4) is 0 Å². The molecule has 1 N–H and O–H groups in total. The van der Waals surface area contributed by atoms with E-state index in [9.17, 15) is 10.1 Å². The van der Waals surface area contributed by atoms with E-state index >= 15 is 0 Å². The van der Waals surface area contributed by atoms with Crippen LogP contribution in [0.4, 0.5) is 0 Å². The molecule has 5 heteroatoms. The minimum atomic E-state index is -0.394. The molecule has 0 saturated heterocycles. The van der Waals surface area contributed by atoms with Crippen LogP contribution in [0.25, 0.3) is 11.1 Å². The number of H-pyrrole nitrogens is 1. The van der Waals surface area contributed by atoms with Crippen LogP contribution in [0.1, 0.15) is 39.0 Å². The van der Waals surface area contributed by atoms with Gasteiger partial charge in [0.1, 0.15) is 23.1 Å². The molecular formula is C19H22N2O3. The summed E-state index contributed by atoms with van der Waals surface area (Å²) in [5, 5.41) is 9.35. The SMILES string of the molecule is Cc1cc(-c2cc(OC(C)C)cc(OC(C)C)c2)c(C#N)c(=O)[nH]1. The van der Waals surface area contributed by atoms with Crippen molar-refractivity contribution in [3.63, 3.8) is 0 Å². The number of benzene rings is 1. The van der Waals surface area contributed by atoms with Crippen molar-refractivity contribution < 1.29 is 9.47 Å². The van der Waals surface area contributed by atoms with E-state index in [-0.39, 0.29) is 17.8 Å². The molecule has 126 valence electrons. The Morgan fingerprint density at radius 3 is 2.00 bits per heavy atom. The number of rotatable bonds is 5. The molecular weight excluding hydrogens is 304 g/mol. The third-order valence-electron chi connectivity index (χ3n) is 3.21. The number of ether oxygens (including phenoxy) is 2. The van der Waals surface area contributed by atoms with Gasteiger partial charge in [0.25, 0.3) is 5.56 Å². The first-order valence-electron chi connectivity index (χ1n) is 7.93. The van der Waals surface area contributed by atoms with Crippen molar-refractivity contribution in [3.8, 4) is 28.7 Å². The van der Waals surface area contributed by atoms with E-state index in [1.165, 1.54) is 0 Å². The highest BCUT2D eigenvalue weighted by molar-refractivity contribution is 5.73. The summed E-state index contributed by atoms with van der Waals surface area (Å²) in [7, 11) is 0. The van der Waals surface area contributed by atoms with Crippen LogP contribution < -0.4 is 15.0 Å². The van der Waals surface area contributed by atoms with Crippen molar-refractivity contribution in [1.29, 1.82) is 5.26 Å². The lowest BCUT2D eigenvalue weighted by molar-refractivity contribution is 0.229. The molecule has 0 aliphatic carbocycles. The number of nitriles is 1. The number of aromatic nitrogens is 1. The van der Waals surface area contributed by atoms with Crippen LogP contribution in [0.5, 0.6) is 11.5 Å². The predicted molar refractivity (Wildman–Crippen MR) is 93.5 cm³/mol. The monoisotopic (exact) mass is 326 g/mol. The van der Waals surface area contributed by atoms with Crippen molar-refractivity contribution in [3.05, 3.63) is 45.9 Å². The normalized spacial score (nSPS) is 10.8. The minimum Gasteiger partial charge on any atom is -0.491 e. The largest absolute Gasteiger partial charge is 0.491 e. The van der Waals surface area contributed by atoms with E-state index in [4.69, 9.17) is 9.47 Å². The zero-order chi connectivity index (χ0) is 17.9. The number of nitrogens with zero attached hydrogens (tertiary/aromatic N) is 1. The molecule has 1 aromatic carbocycles. The smallest absolute Gasteiger partial charge is 0.266 e. The Morgan fingerprint density at radius 1 is 1.00 bits per heavy atom. The van der Waals surface area contributed by atoms with Crippen molar-refractivity contribution in [2.24, 2.45) is 0 Å². The Balaban J connectivity index is 2.65. The van der Waals surface area contributed by atoms with E-state index in [0.717, 1.165) is 5.56 Å². The van der Waals surface area contributed by atoms with Crippen molar-refractivity contribution >= 4 is 0 Å². The van der Waals surface area contributed by atoms with E-state index in [1.54, 1.807) is 13.0 Å². The van der Waals surface area contributed by atoms with Crippen LogP contribution in [-0.2, 0) is 0 Å². The van der Waals surface area contributed by atoms with Crippen LogP contribution in [-0.4, -0.2) is 17.2 Å². The summed E-state index contributed by atoms with van der Waals surface area (Å²) in [5.74, 6) is 1.28. The van der Waals surface area contributed by atoms with E-state index < -0.39 is 5.56 Å². The van der Waals surface area contributed by atoms with Crippen LogP contribution in [0.2, 0.25) is 0 Å². The topological polar surface area (TPSA) is 75.1 Å². The Morgan fingerprint density at radius 2 is 1.54 bits per heavy atom. The number of aromatic amines is 1. The average Bonchev–Trinajstić information content (AvgIpc) is 2.44. The maximum Gasteiger partial charge on any atom is 0.266 e. The molecule has 0 amide bonds. The molecule has 0 bridgehead atoms. The highest BCUT2D eigenvalue weighted by atomic mass is 16.5. The predicted octanol–water partition coefficient (Wildman–Crippen LogP) is 3.80. The lowest BCUT2D eigenvalue weighted by atomic mass is 10.0. The van der Waals surface area contributed by atoms with Crippen LogP contribution in [0.15, 0.2) is 29.1 Å². The Bertz CT molecular complexity index is 801. The van der Waals surface area contributed by atoms with Gasteiger partial charge >= 0.3 is 0 Å². The van der Waals surface area contributed by atoms with Gasteiger partial charge in [-0.1, -0.05) is 0 Å². The highest BCUT2D eigenvalue weighted by Gasteiger charge is 2.14. The Kier molecular flexibility index (Phi) is 5.30. The van der Waals surface area contributed by atoms with E-state index in [2.05, 4.69) is 4.98 Å². The summed E-state index contributed by atoms with van der Waals surface area (Å²) in [6, 6.07) is 9.23. The average molecular weight is 326 g/mol. The van der Waals surface area contributed by atoms with Gasteiger partial charge < -0.3 is 14.5 Å². The molecule has 0 aliphatic rings. The lowest BCUT2D eigenvalue weighted by Gasteiger charge is -2.16. The van der Waals surface area contributed by atoms with Crippen molar-refractivity contribution in [1.82, 2.24) is 4.98 Å².